The summed E-state index contributed by atoms with van der Waals surface area (Å²) in [6.45, 7) is 9.89. The molecule has 0 aromatic rings. The van der Waals surface area contributed by atoms with E-state index in [1.54, 1.807) is 0 Å². The van der Waals surface area contributed by atoms with Gasteiger partial charge in [0.2, 0.25) is 0 Å². The van der Waals surface area contributed by atoms with Gasteiger partial charge in [-0.2, -0.15) is 0 Å². The Balaban J connectivity index is 3.32. The number of rotatable bonds is 12. The Labute approximate surface area is 109 Å². The molecule has 0 rings (SSSR count). The highest BCUT2D eigenvalue weighted by Gasteiger charge is 2.16. The summed E-state index contributed by atoms with van der Waals surface area (Å²) >= 11 is 0. The summed E-state index contributed by atoms with van der Waals surface area (Å²) in [4.78, 5) is 0. The summed E-state index contributed by atoms with van der Waals surface area (Å²) < 4.78 is 5.91. The third kappa shape index (κ3) is 12.2. The second kappa shape index (κ2) is 11.1. The summed E-state index contributed by atoms with van der Waals surface area (Å²) in [7, 11) is 0. The van der Waals surface area contributed by atoms with Crippen molar-refractivity contribution < 1.29 is 4.74 Å². The molecule has 1 heteroatoms. The minimum atomic E-state index is 0.0958. The van der Waals surface area contributed by atoms with Crippen molar-refractivity contribution in [3.05, 3.63) is 0 Å². The van der Waals surface area contributed by atoms with Gasteiger partial charge in [-0.1, -0.05) is 65.2 Å². The number of hydrogen-bond donors (Lipinski definition) is 0. The molecule has 0 radical (unpaired) electrons. The summed E-state index contributed by atoms with van der Waals surface area (Å²) in [5.74, 6) is 0. The van der Waals surface area contributed by atoms with Crippen LogP contribution in [0.1, 0.15) is 91.9 Å². The van der Waals surface area contributed by atoms with Crippen molar-refractivity contribution in [2.75, 3.05) is 6.61 Å². The van der Waals surface area contributed by atoms with Crippen molar-refractivity contribution in [2.24, 2.45) is 0 Å². The van der Waals surface area contributed by atoms with Gasteiger partial charge in [-0.15, -0.1) is 0 Å². The lowest BCUT2D eigenvalue weighted by atomic mass is 9.99. The van der Waals surface area contributed by atoms with Crippen LogP contribution in [0.3, 0.4) is 0 Å². The Kier molecular flexibility index (Phi) is 11.0. The van der Waals surface area contributed by atoms with Crippen molar-refractivity contribution in [3.8, 4) is 0 Å². The lowest BCUT2D eigenvalue weighted by Crippen LogP contribution is -2.24. The SMILES string of the molecule is CCCCCCCCCC(C)(C)OCCCC. The van der Waals surface area contributed by atoms with Crippen LogP contribution in [0.2, 0.25) is 0 Å². The first-order chi connectivity index (χ1) is 8.12. The van der Waals surface area contributed by atoms with Crippen LogP contribution in [-0.2, 0) is 4.74 Å². The molecular weight excluding hydrogens is 208 g/mol. The maximum Gasteiger partial charge on any atom is 0.0626 e. The molecule has 0 unspecified atom stereocenters. The van der Waals surface area contributed by atoms with Gasteiger partial charge in [-0.05, 0) is 26.7 Å². The third-order valence-corrected chi connectivity index (χ3v) is 3.37. The normalized spacial score (nSPS) is 12.0. The average Bonchev–Trinajstić information content (AvgIpc) is 2.28. The second-order valence-electron chi connectivity index (χ2n) is 5.83. The molecule has 0 aliphatic carbocycles. The Morgan fingerprint density at radius 3 is 1.82 bits per heavy atom. The summed E-state index contributed by atoms with van der Waals surface area (Å²) in [5.41, 5.74) is 0.0958. The van der Waals surface area contributed by atoms with E-state index in [1.807, 2.05) is 0 Å². The van der Waals surface area contributed by atoms with Crippen molar-refractivity contribution in [3.63, 3.8) is 0 Å². The lowest BCUT2D eigenvalue weighted by molar-refractivity contribution is -0.0261. The van der Waals surface area contributed by atoms with Gasteiger partial charge in [0.15, 0.2) is 0 Å². The average molecular weight is 242 g/mol. The fraction of sp³-hybridized carbons (Fsp3) is 1.00. The minimum Gasteiger partial charge on any atom is -0.376 e. The fourth-order valence-corrected chi connectivity index (χ4v) is 2.07. The molecule has 0 saturated heterocycles. The quantitative estimate of drug-likeness (QED) is 0.397. The van der Waals surface area contributed by atoms with Crippen LogP contribution in [0.15, 0.2) is 0 Å². The van der Waals surface area contributed by atoms with Gasteiger partial charge < -0.3 is 4.74 Å². The molecule has 0 aromatic carbocycles. The highest BCUT2D eigenvalue weighted by molar-refractivity contribution is 4.68. The molecule has 0 heterocycles. The van der Waals surface area contributed by atoms with E-state index in [-0.39, 0.29) is 5.60 Å². The first kappa shape index (κ1) is 17.0. The number of ether oxygens (including phenoxy) is 1. The highest BCUT2D eigenvalue weighted by Crippen LogP contribution is 2.19. The molecule has 0 bridgehead atoms. The molecule has 0 aliphatic rings. The largest absolute Gasteiger partial charge is 0.376 e. The molecule has 0 saturated carbocycles. The molecule has 0 fully saturated rings. The third-order valence-electron chi connectivity index (χ3n) is 3.37. The van der Waals surface area contributed by atoms with Crippen molar-refractivity contribution in [1.82, 2.24) is 0 Å². The van der Waals surface area contributed by atoms with E-state index in [4.69, 9.17) is 4.74 Å². The monoisotopic (exact) mass is 242 g/mol. The van der Waals surface area contributed by atoms with Crippen LogP contribution in [-0.4, -0.2) is 12.2 Å². The predicted molar refractivity (Wildman–Crippen MR) is 77.5 cm³/mol. The molecule has 1 nitrogen and oxygen atoms in total. The van der Waals surface area contributed by atoms with Gasteiger partial charge in [0.05, 0.1) is 5.60 Å². The maximum absolute atomic E-state index is 5.91. The van der Waals surface area contributed by atoms with Gasteiger partial charge in [0, 0.05) is 6.61 Å². The maximum atomic E-state index is 5.91. The Bertz CT molecular complexity index is 152. The predicted octanol–water partition coefficient (Wildman–Crippen LogP) is 5.72. The van der Waals surface area contributed by atoms with Crippen LogP contribution in [0.5, 0.6) is 0 Å². The molecule has 0 atom stereocenters. The zero-order chi connectivity index (χ0) is 13.0. The van der Waals surface area contributed by atoms with E-state index in [2.05, 4.69) is 27.7 Å². The first-order valence-electron chi connectivity index (χ1n) is 7.76. The van der Waals surface area contributed by atoms with E-state index in [0.717, 1.165) is 6.61 Å². The second-order valence-corrected chi connectivity index (χ2v) is 5.83. The van der Waals surface area contributed by atoms with Crippen molar-refractivity contribution >= 4 is 0 Å². The van der Waals surface area contributed by atoms with E-state index in [0.29, 0.717) is 0 Å². The van der Waals surface area contributed by atoms with Crippen LogP contribution < -0.4 is 0 Å². The minimum absolute atomic E-state index is 0.0958. The number of unbranched alkanes of at least 4 members (excludes halogenated alkanes) is 7. The first-order valence-corrected chi connectivity index (χ1v) is 7.76. The Morgan fingerprint density at radius 2 is 1.24 bits per heavy atom. The summed E-state index contributed by atoms with van der Waals surface area (Å²) in [5, 5.41) is 0. The van der Waals surface area contributed by atoms with Crippen LogP contribution in [0.4, 0.5) is 0 Å². The van der Waals surface area contributed by atoms with Gasteiger partial charge >= 0.3 is 0 Å². The molecule has 0 N–H and O–H groups in total. The van der Waals surface area contributed by atoms with Gasteiger partial charge in [0.1, 0.15) is 0 Å². The van der Waals surface area contributed by atoms with Crippen LogP contribution in [0, 0.1) is 0 Å². The smallest absolute Gasteiger partial charge is 0.0626 e. The van der Waals surface area contributed by atoms with E-state index in [1.165, 1.54) is 64.2 Å². The van der Waals surface area contributed by atoms with E-state index in [9.17, 15) is 0 Å². The van der Waals surface area contributed by atoms with Crippen LogP contribution >= 0.6 is 0 Å². The standard InChI is InChI=1S/C16H34O/c1-5-7-9-10-11-12-13-14-16(3,4)17-15-8-6-2/h5-15H2,1-4H3. The number of hydrogen-bond acceptors (Lipinski definition) is 1. The molecule has 0 amide bonds. The fourth-order valence-electron chi connectivity index (χ4n) is 2.07. The molecule has 0 aliphatic heterocycles. The topological polar surface area (TPSA) is 9.23 Å². The van der Waals surface area contributed by atoms with Gasteiger partial charge in [0.25, 0.3) is 0 Å². The molecule has 0 spiro atoms. The Morgan fingerprint density at radius 1 is 0.706 bits per heavy atom. The lowest BCUT2D eigenvalue weighted by Gasteiger charge is -2.25. The van der Waals surface area contributed by atoms with Gasteiger partial charge in [-0.3, -0.25) is 0 Å². The zero-order valence-corrected chi connectivity index (χ0v) is 12.7. The molecule has 104 valence electrons. The summed E-state index contributed by atoms with van der Waals surface area (Å²) in [6.07, 6.45) is 13.3. The van der Waals surface area contributed by atoms with E-state index < -0.39 is 0 Å². The van der Waals surface area contributed by atoms with Crippen molar-refractivity contribution in [2.45, 2.75) is 97.5 Å². The van der Waals surface area contributed by atoms with E-state index >= 15 is 0 Å². The molecule has 17 heavy (non-hydrogen) atoms. The van der Waals surface area contributed by atoms with Crippen molar-refractivity contribution in [1.29, 1.82) is 0 Å². The van der Waals surface area contributed by atoms with Crippen LogP contribution in [0.25, 0.3) is 0 Å². The Hall–Kier alpha value is -0.0400. The summed E-state index contributed by atoms with van der Waals surface area (Å²) in [6, 6.07) is 0. The molecule has 0 aromatic heterocycles. The molecular formula is C16H34O. The van der Waals surface area contributed by atoms with Gasteiger partial charge in [-0.25, -0.2) is 0 Å². The zero-order valence-electron chi connectivity index (χ0n) is 12.7. The highest BCUT2D eigenvalue weighted by atomic mass is 16.5.